The number of aliphatic hydroxyl groups is 1. The van der Waals surface area contributed by atoms with Gasteiger partial charge in [-0.15, -0.1) is 0 Å². The predicted molar refractivity (Wildman–Crippen MR) is 67.0 cm³/mol. The van der Waals surface area contributed by atoms with Crippen molar-refractivity contribution < 1.29 is 23.0 Å². The molecule has 1 unspecified atom stereocenters. The average molecular weight is 276 g/mol. The second-order valence-electron chi connectivity index (χ2n) is 4.78. The van der Waals surface area contributed by atoms with Crippen molar-refractivity contribution in [1.29, 1.82) is 0 Å². The van der Waals surface area contributed by atoms with E-state index in [-0.39, 0.29) is 6.61 Å². The van der Waals surface area contributed by atoms with Crippen LogP contribution in [0.5, 0.6) is 0 Å². The number of ether oxygens (including phenoxy) is 1. The van der Waals surface area contributed by atoms with Gasteiger partial charge in [0.1, 0.15) is 6.10 Å². The van der Waals surface area contributed by atoms with Gasteiger partial charge in [0.2, 0.25) is 0 Å². The topological polar surface area (TPSA) is 29.5 Å². The third-order valence-electron chi connectivity index (χ3n) is 2.79. The molecule has 0 amide bonds. The van der Waals surface area contributed by atoms with Crippen molar-refractivity contribution in [2.24, 2.45) is 0 Å². The number of hydrogen-bond acceptors (Lipinski definition) is 2. The lowest BCUT2D eigenvalue weighted by Gasteiger charge is -2.13. The first-order chi connectivity index (χ1) is 8.79. The van der Waals surface area contributed by atoms with Crippen LogP contribution in [0.1, 0.15) is 43.4 Å². The lowest BCUT2D eigenvalue weighted by molar-refractivity contribution is -0.147. The van der Waals surface area contributed by atoms with Gasteiger partial charge in [-0.1, -0.05) is 38.1 Å². The molecule has 1 aromatic rings. The van der Waals surface area contributed by atoms with Crippen LogP contribution >= 0.6 is 0 Å². The van der Waals surface area contributed by atoms with E-state index in [0.717, 1.165) is 5.56 Å². The molecular formula is C14H19F3O2. The summed E-state index contributed by atoms with van der Waals surface area (Å²) in [7, 11) is 0. The summed E-state index contributed by atoms with van der Waals surface area (Å²) < 4.78 is 40.5. The van der Waals surface area contributed by atoms with E-state index in [0.29, 0.717) is 11.5 Å². The molecule has 0 radical (unpaired) electrons. The number of hydrogen-bond donors (Lipinski definition) is 1. The van der Waals surface area contributed by atoms with Gasteiger partial charge in [0.15, 0.2) is 0 Å². The summed E-state index contributed by atoms with van der Waals surface area (Å²) in [5, 5.41) is 9.77. The first kappa shape index (κ1) is 16.0. The van der Waals surface area contributed by atoms with Crippen molar-refractivity contribution in [3.8, 4) is 0 Å². The molecule has 0 saturated heterocycles. The highest BCUT2D eigenvalue weighted by Gasteiger charge is 2.26. The van der Waals surface area contributed by atoms with Gasteiger partial charge >= 0.3 is 6.18 Å². The molecule has 1 rings (SSSR count). The highest BCUT2D eigenvalue weighted by Crippen LogP contribution is 2.21. The molecule has 0 bridgehead atoms. The van der Waals surface area contributed by atoms with E-state index >= 15 is 0 Å². The highest BCUT2D eigenvalue weighted by atomic mass is 19.4. The Morgan fingerprint density at radius 2 is 1.63 bits per heavy atom. The van der Waals surface area contributed by atoms with Gasteiger partial charge in [-0.3, -0.25) is 0 Å². The van der Waals surface area contributed by atoms with Crippen molar-refractivity contribution in [2.45, 2.75) is 38.5 Å². The summed E-state index contributed by atoms with van der Waals surface area (Å²) >= 11 is 0. The minimum absolute atomic E-state index is 0.128. The van der Waals surface area contributed by atoms with Gasteiger partial charge in [-0.2, -0.15) is 13.2 Å². The van der Waals surface area contributed by atoms with Gasteiger partial charge < -0.3 is 9.84 Å². The van der Waals surface area contributed by atoms with Crippen LogP contribution in [0.2, 0.25) is 0 Å². The Bertz CT molecular complexity index is 371. The maximum atomic E-state index is 11.9. The fraction of sp³-hybridized carbons (Fsp3) is 0.571. The molecule has 0 aliphatic heterocycles. The number of halogens is 3. The van der Waals surface area contributed by atoms with Crippen molar-refractivity contribution in [2.75, 3.05) is 13.2 Å². The van der Waals surface area contributed by atoms with Crippen LogP contribution in [0, 0.1) is 0 Å². The molecule has 1 atom stereocenters. The molecule has 0 saturated carbocycles. The van der Waals surface area contributed by atoms with Crippen LogP contribution in [0.25, 0.3) is 0 Å². The number of benzene rings is 1. The zero-order chi connectivity index (χ0) is 14.5. The number of aliphatic hydroxyl groups excluding tert-OH is 1. The van der Waals surface area contributed by atoms with E-state index in [9.17, 15) is 18.3 Å². The maximum absolute atomic E-state index is 11.9. The van der Waals surface area contributed by atoms with E-state index in [1.807, 2.05) is 12.1 Å². The summed E-state index contributed by atoms with van der Waals surface area (Å²) in [4.78, 5) is 0. The Kier molecular flexibility index (Phi) is 5.82. The van der Waals surface area contributed by atoms with Crippen molar-refractivity contribution in [1.82, 2.24) is 0 Å². The van der Waals surface area contributed by atoms with E-state index < -0.39 is 25.3 Å². The van der Waals surface area contributed by atoms with Gasteiger partial charge in [0.05, 0.1) is 19.6 Å². The minimum atomic E-state index is -4.22. The monoisotopic (exact) mass is 276 g/mol. The zero-order valence-corrected chi connectivity index (χ0v) is 11.1. The molecule has 0 fully saturated rings. The fourth-order valence-electron chi connectivity index (χ4n) is 1.58. The summed E-state index contributed by atoms with van der Waals surface area (Å²) in [6.07, 6.45) is -6.11. The van der Waals surface area contributed by atoms with Gasteiger partial charge in [-0.05, 0) is 17.0 Å². The molecular weight excluding hydrogens is 257 g/mol. The lowest BCUT2D eigenvalue weighted by atomic mass is 10.0. The predicted octanol–water partition coefficient (Wildman–Crippen LogP) is 3.81. The zero-order valence-electron chi connectivity index (χ0n) is 11.1. The molecule has 0 aliphatic rings. The van der Waals surface area contributed by atoms with Crippen LogP contribution < -0.4 is 0 Å². The first-order valence-corrected chi connectivity index (χ1v) is 6.22. The Hall–Kier alpha value is -1.07. The lowest BCUT2D eigenvalue weighted by Crippen LogP contribution is -2.14. The van der Waals surface area contributed by atoms with E-state index in [1.165, 1.54) is 0 Å². The Labute approximate surface area is 111 Å². The average Bonchev–Trinajstić information content (AvgIpc) is 2.33. The quantitative estimate of drug-likeness (QED) is 0.800. The fourth-order valence-corrected chi connectivity index (χ4v) is 1.58. The Balaban J connectivity index is 2.39. The minimum Gasteiger partial charge on any atom is -0.386 e. The standard InChI is InChI=1S/C14H19F3O2/c1-10(2)11-3-5-12(6-4-11)13(18)9-19-8-7-14(15,16)17/h3-6,10,13,18H,7-9H2,1-2H3. The van der Waals surface area contributed by atoms with Crippen LogP contribution in [0.3, 0.4) is 0 Å². The first-order valence-electron chi connectivity index (χ1n) is 6.22. The molecule has 0 aliphatic carbocycles. The largest absolute Gasteiger partial charge is 0.391 e. The van der Waals surface area contributed by atoms with Gasteiger partial charge in [0, 0.05) is 0 Å². The van der Waals surface area contributed by atoms with Crippen molar-refractivity contribution >= 4 is 0 Å². The summed E-state index contributed by atoms with van der Waals surface area (Å²) in [5.41, 5.74) is 1.80. The number of rotatable bonds is 6. The van der Waals surface area contributed by atoms with Crippen LogP contribution in [0.4, 0.5) is 13.2 Å². The molecule has 108 valence electrons. The summed E-state index contributed by atoms with van der Waals surface area (Å²) in [5.74, 6) is 0.397. The second-order valence-corrected chi connectivity index (χ2v) is 4.78. The van der Waals surface area contributed by atoms with Gasteiger partial charge in [0.25, 0.3) is 0 Å². The Morgan fingerprint density at radius 1 is 1.11 bits per heavy atom. The molecule has 0 spiro atoms. The molecule has 2 nitrogen and oxygen atoms in total. The normalized spacial score (nSPS) is 13.8. The molecule has 0 heterocycles. The molecule has 5 heteroatoms. The molecule has 19 heavy (non-hydrogen) atoms. The number of alkyl halides is 3. The van der Waals surface area contributed by atoms with Crippen molar-refractivity contribution in [3.05, 3.63) is 35.4 Å². The molecule has 1 N–H and O–H groups in total. The molecule has 1 aromatic carbocycles. The van der Waals surface area contributed by atoms with Crippen LogP contribution in [-0.2, 0) is 4.74 Å². The summed E-state index contributed by atoms with van der Waals surface area (Å²) in [6, 6.07) is 7.35. The van der Waals surface area contributed by atoms with E-state index in [2.05, 4.69) is 13.8 Å². The highest BCUT2D eigenvalue weighted by molar-refractivity contribution is 5.26. The van der Waals surface area contributed by atoms with E-state index in [4.69, 9.17) is 4.74 Å². The van der Waals surface area contributed by atoms with E-state index in [1.54, 1.807) is 12.1 Å². The smallest absolute Gasteiger partial charge is 0.386 e. The SMILES string of the molecule is CC(C)c1ccc(C(O)COCCC(F)(F)F)cc1. The molecule has 0 aromatic heterocycles. The van der Waals surface area contributed by atoms with Crippen molar-refractivity contribution in [3.63, 3.8) is 0 Å². The summed E-state index contributed by atoms with van der Waals surface area (Å²) in [6.45, 7) is 3.57. The third-order valence-corrected chi connectivity index (χ3v) is 2.79. The Morgan fingerprint density at radius 3 is 2.11 bits per heavy atom. The second kappa shape index (κ2) is 6.91. The van der Waals surface area contributed by atoms with Crippen LogP contribution in [-0.4, -0.2) is 24.5 Å². The van der Waals surface area contributed by atoms with Gasteiger partial charge in [-0.25, -0.2) is 0 Å². The van der Waals surface area contributed by atoms with Crippen LogP contribution in [0.15, 0.2) is 24.3 Å². The third kappa shape index (κ3) is 6.07. The maximum Gasteiger partial charge on any atom is 0.391 e.